The lowest BCUT2D eigenvalue weighted by molar-refractivity contribution is 0.165. The predicted molar refractivity (Wildman–Crippen MR) is 86.4 cm³/mol. The van der Waals surface area contributed by atoms with Crippen LogP contribution in [0.3, 0.4) is 0 Å². The molecule has 2 aromatic rings. The molecule has 5 heteroatoms. The summed E-state index contributed by atoms with van der Waals surface area (Å²) in [6.45, 7) is 6.04. The number of fused-ring (bicyclic) bond motifs is 1. The zero-order valence-corrected chi connectivity index (χ0v) is 13.6. The Morgan fingerprint density at radius 2 is 2.00 bits per heavy atom. The minimum absolute atomic E-state index is 0.179. The molecular weight excluding hydrogens is 290 g/mol. The summed E-state index contributed by atoms with van der Waals surface area (Å²) in [6, 6.07) is 8.15. The third-order valence-corrected chi connectivity index (χ3v) is 4.99. The lowest BCUT2D eigenvalue weighted by Gasteiger charge is -2.28. The Morgan fingerprint density at radius 1 is 1.17 bits per heavy atom. The molecule has 1 aromatic heterocycles. The second-order valence-electron chi connectivity index (χ2n) is 6.73. The Balaban J connectivity index is 1.48. The minimum Gasteiger partial charge on any atom is -0.493 e. The first-order valence-corrected chi connectivity index (χ1v) is 8.56. The van der Waals surface area contributed by atoms with Crippen molar-refractivity contribution in [1.82, 2.24) is 15.0 Å². The molecule has 0 amide bonds. The van der Waals surface area contributed by atoms with Crippen molar-refractivity contribution >= 4 is 0 Å². The van der Waals surface area contributed by atoms with Crippen LogP contribution in [0.1, 0.15) is 49.4 Å². The van der Waals surface area contributed by atoms with Crippen molar-refractivity contribution in [2.24, 2.45) is 5.92 Å². The highest BCUT2D eigenvalue weighted by molar-refractivity contribution is 5.40. The van der Waals surface area contributed by atoms with E-state index in [1.54, 1.807) is 0 Å². The maximum atomic E-state index is 5.72. The van der Waals surface area contributed by atoms with Crippen molar-refractivity contribution in [2.45, 2.75) is 38.6 Å². The molecule has 0 spiro atoms. The van der Waals surface area contributed by atoms with Crippen LogP contribution < -0.4 is 4.74 Å². The Kier molecular flexibility index (Phi) is 4.04. The third-order valence-electron chi connectivity index (χ3n) is 4.99. The Labute approximate surface area is 136 Å². The largest absolute Gasteiger partial charge is 0.493 e. The zero-order valence-electron chi connectivity index (χ0n) is 13.6. The van der Waals surface area contributed by atoms with Gasteiger partial charge in [0, 0.05) is 5.56 Å². The van der Waals surface area contributed by atoms with E-state index in [2.05, 4.69) is 28.0 Å². The predicted octanol–water partition coefficient (Wildman–Crippen LogP) is 3.22. The molecule has 1 aromatic carbocycles. The smallest absolute Gasteiger partial charge is 0.240 e. The SMILES string of the molecule is CC1CCN(Cc2nc(C3CCOc4ccccc43)no2)CC1. The number of aromatic nitrogens is 2. The fourth-order valence-electron chi connectivity index (χ4n) is 3.50. The molecule has 0 aliphatic carbocycles. The van der Waals surface area contributed by atoms with Crippen molar-refractivity contribution in [1.29, 1.82) is 0 Å². The van der Waals surface area contributed by atoms with Gasteiger partial charge in [0.1, 0.15) is 5.75 Å². The number of nitrogens with zero attached hydrogens (tertiary/aromatic N) is 3. The number of hydrogen-bond donors (Lipinski definition) is 0. The summed E-state index contributed by atoms with van der Waals surface area (Å²) >= 11 is 0. The van der Waals surface area contributed by atoms with Gasteiger partial charge in [-0.1, -0.05) is 30.3 Å². The van der Waals surface area contributed by atoms with E-state index in [1.807, 2.05) is 18.2 Å². The molecule has 122 valence electrons. The van der Waals surface area contributed by atoms with Gasteiger partial charge in [0.2, 0.25) is 5.89 Å². The van der Waals surface area contributed by atoms with Crippen LogP contribution >= 0.6 is 0 Å². The van der Waals surface area contributed by atoms with E-state index < -0.39 is 0 Å². The van der Waals surface area contributed by atoms with Gasteiger partial charge in [-0.25, -0.2) is 0 Å². The summed E-state index contributed by atoms with van der Waals surface area (Å²) in [6.07, 6.45) is 3.42. The van der Waals surface area contributed by atoms with Gasteiger partial charge in [0.05, 0.1) is 19.1 Å². The molecule has 1 saturated heterocycles. The molecule has 0 N–H and O–H groups in total. The number of ether oxygens (including phenoxy) is 1. The van der Waals surface area contributed by atoms with Gasteiger partial charge in [-0.3, -0.25) is 4.90 Å². The first-order chi connectivity index (χ1) is 11.3. The molecule has 3 heterocycles. The number of hydrogen-bond acceptors (Lipinski definition) is 5. The second kappa shape index (κ2) is 6.32. The fourth-order valence-corrected chi connectivity index (χ4v) is 3.50. The Morgan fingerprint density at radius 3 is 2.87 bits per heavy atom. The van der Waals surface area contributed by atoms with Crippen LogP contribution in [0.4, 0.5) is 0 Å². The summed E-state index contributed by atoms with van der Waals surface area (Å²) in [5.41, 5.74) is 1.16. The number of piperidine rings is 1. The Hall–Kier alpha value is -1.88. The van der Waals surface area contributed by atoms with E-state index >= 15 is 0 Å². The summed E-state index contributed by atoms with van der Waals surface area (Å²) in [7, 11) is 0. The second-order valence-corrected chi connectivity index (χ2v) is 6.73. The van der Waals surface area contributed by atoms with Gasteiger partial charge >= 0.3 is 0 Å². The van der Waals surface area contributed by atoms with Gasteiger partial charge in [-0.2, -0.15) is 4.98 Å². The van der Waals surface area contributed by atoms with E-state index in [0.29, 0.717) is 6.61 Å². The number of likely N-dealkylation sites (tertiary alicyclic amines) is 1. The lowest BCUT2D eigenvalue weighted by atomic mass is 9.92. The van der Waals surface area contributed by atoms with E-state index in [1.165, 1.54) is 12.8 Å². The summed E-state index contributed by atoms with van der Waals surface area (Å²) < 4.78 is 11.2. The van der Waals surface area contributed by atoms with Crippen molar-refractivity contribution in [3.63, 3.8) is 0 Å². The van der Waals surface area contributed by atoms with Crippen LogP contribution in [0.15, 0.2) is 28.8 Å². The van der Waals surface area contributed by atoms with Crippen LogP contribution in [-0.4, -0.2) is 34.7 Å². The molecule has 0 radical (unpaired) electrons. The standard InChI is InChI=1S/C18H23N3O2/c1-13-6-9-21(10-7-13)12-17-19-18(20-23-17)15-8-11-22-16-5-3-2-4-14(15)16/h2-5,13,15H,6-12H2,1H3. The molecule has 1 atom stereocenters. The third kappa shape index (κ3) is 3.11. The summed E-state index contributed by atoms with van der Waals surface area (Å²) in [5.74, 6) is 3.49. The van der Waals surface area contributed by atoms with Crippen LogP contribution in [0.25, 0.3) is 0 Å². The average molecular weight is 313 g/mol. The molecule has 23 heavy (non-hydrogen) atoms. The van der Waals surface area contributed by atoms with E-state index in [4.69, 9.17) is 9.26 Å². The molecule has 0 bridgehead atoms. The molecule has 5 nitrogen and oxygen atoms in total. The van der Waals surface area contributed by atoms with Crippen molar-refractivity contribution < 1.29 is 9.26 Å². The van der Waals surface area contributed by atoms with Crippen LogP contribution in [0.5, 0.6) is 5.75 Å². The van der Waals surface area contributed by atoms with Crippen molar-refractivity contribution in [3.05, 3.63) is 41.5 Å². The zero-order chi connectivity index (χ0) is 15.6. The first kappa shape index (κ1) is 14.7. The van der Waals surface area contributed by atoms with Gasteiger partial charge in [0.15, 0.2) is 5.82 Å². The summed E-state index contributed by atoms with van der Waals surface area (Å²) in [4.78, 5) is 7.08. The van der Waals surface area contributed by atoms with Gasteiger partial charge < -0.3 is 9.26 Å². The van der Waals surface area contributed by atoms with Crippen molar-refractivity contribution in [2.75, 3.05) is 19.7 Å². The van der Waals surface area contributed by atoms with Crippen LogP contribution in [-0.2, 0) is 6.54 Å². The number of benzene rings is 1. The highest BCUT2D eigenvalue weighted by atomic mass is 16.5. The van der Waals surface area contributed by atoms with Gasteiger partial charge in [-0.05, 0) is 44.3 Å². The first-order valence-electron chi connectivity index (χ1n) is 8.56. The van der Waals surface area contributed by atoms with Gasteiger partial charge in [-0.15, -0.1) is 0 Å². The molecule has 1 fully saturated rings. The maximum absolute atomic E-state index is 5.72. The van der Waals surface area contributed by atoms with Crippen molar-refractivity contribution in [3.8, 4) is 5.75 Å². The maximum Gasteiger partial charge on any atom is 0.240 e. The minimum atomic E-state index is 0.179. The van der Waals surface area contributed by atoms with Crippen LogP contribution in [0, 0.1) is 5.92 Å². The quantitative estimate of drug-likeness (QED) is 0.871. The number of rotatable bonds is 3. The molecule has 1 unspecified atom stereocenters. The lowest BCUT2D eigenvalue weighted by Crippen LogP contribution is -2.32. The monoisotopic (exact) mass is 313 g/mol. The highest BCUT2D eigenvalue weighted by Gasteiger charge is 2.27. The van der Waals surface area contributed by atoms with E-state index in [9.17, 15) is 0 Å². The molecule has 2 aliphatic heterocycles. The number of para-hydroxylation sites is 1. The van der Waals surface area contributed by atoms with E-state index in [-0.39, 0.29) is 5.92 Å². The topological polar surface area (TPSA) is 51.4 Å². The molecule has 4 rings (SSSR count). The molecule has 2 aliphatic rings. The van der Waals surface area contributed by atoms with Gasteiger partial charge in [0.25, 0.3) is 0 Å². The molecular formula is C18H23N3O2. The van der Waals surface area contributed by atoms with E-state index in [0.717, 1.165) is 55.0 Å². The normalized spacial score (nSPS) is 22.6. The fraction of sp³-hybridized carbons (Fsp3) is 0.556. The Bertz CT molecular complexity index is 662. The summed E-state index contributed by atoms with van der Waals surface area (Å²) in [5, 5.41) is 4.25. The average Bonchev–Trinajstić information content (AvgIpc) is 3.05. The highest BCUT2D eigenvalue weighted by Crippen LogP contribution is 2.36. The molecule has 0 saturated carbocycles. The van der Waals surface area contributed by atoms with Crippen LogP contribution in [0.2, 0.25) is 0 Å².